The molecule has 0 saturated carbocycles. The molecule has 0 N–H and O–H groups in total. The molecule has 6 heteroatoms. The van der Waals surface area contributed by atoms with Gasteiger partial charge in [-0.3, -0.25) is 14.5 Å². The first kappa shape index (κ1) is 20.2. The van der Waals surface area contributed by atoms with Crippen LogP contribution in [0.1, 0.15) is 15.4 Å². The molecule has 0 unspecified atom stereocenters. The molecule has 1 amide bonds. The largest absolute Gasteiger partial charge is 0.482 e. The zero-order valence-electron chi connectivity index (χ0n) is 17.4. The number of amides is 1. The summed E-state index contributed by atoms with van der Waals surface area (Å²) in [5.74, 6) is 0.228. The molecule has 0 atom stereocenters. The van der Waals surface area contributed by atoms with Crippen LogP contribution in [0.3, 0.4) is 0 Å². The molecule has 2 heterocycles. The molecule has 0 fully saturated rings. The van der Waals surface area contributed by atoms with Gasteiger partial charge < -0.3 is 4.74 Å². The van der Waals surface area contributed by atoms with Crippen molar-refractivity contribution in [2.45, 2.75) is 6.92 Å². The highest BCUT2D eigenvalue weighted by Crippen LogP contribution is 2.36. The number of aryl methyl sites for hydroxylation is 1. The number of nitrogens with zero attached hydrogens (tertiary/aromatic N) is 2. The number of carbonyl (C=O) groups is 2. The Bertz CT molecular complexity index is 1300. The van der Waals surface area contributed by atoms with Crippen LogP contribution in [0, 0.1) is 6.92 Å². The van der Waals surface area contributed by atoms with Crippen molar-refractivity contribution in [2.75, 3.05) is 18.1 Å². The van der Waals surface area contributed by atoms with Gasteiger partial charge in [-0.1, -0.05) is 54.6 Å². The lowest BCUT2D eigenvalue weighted by Crippen LogP contribution is -2.42. The first-order valence-corrected chi connectivity index (χ1v) is 11.1. The monoisotopic (exact) mass is 440 g/mol. The number of anilines is 1. The second kappa shape index (κ2) is 8.40. The van der Waals surface area contributed by atoms with E-state index in [9.17, 15) is 9.59 Å². The van der Waals surface area contributed by atoms with Crippen LogP contribution in [0.15, 0.2) is 78.2 Å². The summed E-state index contributed by atoms with van der Waals surface area (Å²) < 4.78 is 5.59. The third-order valence-electron chi connectivity index (χ3n) is 5.43. The molecular weight excluding hydrogens is 420 g/mol. The quantitative estimate of drug-likeness (QED) is 0.390. The van der Waals surface area contributed by atoms with Crippen molar-refractivity contribution in [3.05, 3.63) is 88.7 Å². The molecule has 0 bridgehead atoms. The predicted molar refractivity (Wildman–Crippen MR) is 126 cm³/mol. The Labute approximate surface area is 189 Å². The van der Waals surface area contributed by atoms with Gasteiger partial charge >= 0.3 is 0 Å². The lowest BCUT2D eigenvalue weighted by molar-refractivity contribution is -0.121. The van der Waals surface area contributed by atoms with Crippen LogP contribution < -0.4 is 9.64 Å². The molecule has 32 heavy (non-hydrogen) atoms. The maximum absolute atomic E-state index is 13.0. The van der Waals surface area contributed by atoms with Crippen LogP contribution in [0.25, 0.3) is 22.4 Å². The minimum Gasteiger partial charge on any atom is -0.482 e. The van der Waals surface area contributed by atoms with Gasteiger partial charge in [0.25, 0.3) is 5.91 Å². The van der Waals surface area contributed by atoms with Crippen LogP contribution in [-0.4, -0.2) is 29.8 Å². The van der Waals surface area contributed by atoms with Gasteiger partial charge in [0, 0.05) is 16.5 Å². The van der Waals surface area contributed by atoms with Crippen LogP contribution in [0.5, 0.6) is 5.75 Å². The minimum atomic E-state index is -0.238. The maximum atomic E-state index is 13.0. The summed E-state index contributed by atoms with van der Waals surface area (Å²) in [5.41, 5.74) is 5.02. The van der Waals surface area contributed by atoms with Crippen LogP contribution in [0.4, 0.5) is 5.69 Å². The molecule has 0 radical (unpaired) electrons. The van der Waals surface area contributed by atoms with E-state index in [1.165, 1.54) is 4.90 Å². The molecule has 1 aromatic heterocycles. The standard InChI is InChI=1S/C26H20N2O3S/c1-17-27-22(16-32-17)21-11-12-25-23(13-21)28(26(30)15-31-25)14-24(29)20-9-7-19(8-10-20)18-5-3-2-4-6-18/h2-13,16H,14-15H2,1H3. The third-order valence-corrected chi connectivity index (χ3v) is 6.21. The number of hydrogen-bond acceptors (Lipinski definition) is 5. The number of carbonyl (C=O) groups excluding carboxylic acids is 2. The molecule has 5 rings (SSSR count). The Hall–Kier alpha value is -3.77. The minimum absolute atomic E-state index is 0.0422. The summed E-state index contributed by atoms with van der Waals surface area (Å²) in [5, 5.41) is 2.95. The van der Waals surface area contributed by atoms with E-state index >= 15 is 0 Å². The van der Waals surface area contributed by atoms with Crippen molar-refractivity contribution >= 4 is 28.7 Å². The first-order valence-electron chi connectivity index (χ1n) is 10.3. The van der Waals surface area contributed by atoms with Gasteiger partial charge in [-0.25, -0.2) is 4.98 Å². The molecule has 5 nitrogen and oxygen atoms in total. The fourth-order valence-corrected chi connectivity index (χ4v) is 4.37. The van der Waals surface area contributed by atoms with E-state index in [0.29, 0.717) is 17.0 Å². The van der Waals surface area contributed by atoms with Gasteiger partial charge in [0.05, 0.1) is 22.9 Å². The van der Waals surface area contributed by atoms with Crippen LogP contribution >= 0.6 is 11.3 Å². The highest BCUT2D eigenvalue weighted by molar-refractivity contribution is 7.09. The first-order chi connectivity index (χ1) is 15.6. The van der Waals surface area contributed by atoms with E-state index in [2.05, 4.69) is 4.98 Å². The third kappa shape index (κ3) is 3.92. The zero-order valence-corrected chi connectivity index (χ0v) is 18.3. The van der Waals surface area contributed by atoms with E-state index in [0.717, 1.165) is 27.4 Å². The molecule has 1 aliphatic heterocycles. The molecule has 0 aliphatic carbocycles. The smallest absolute Gasteiger partial charge is 0.265 e. The topological polar surface area (TPSA) is 59.5 Å². The van der Waals surface area contributed by atoms with Gasteiger partial charge in [-0.15, -0.1) is 11.3 Å². The van der Waals surface area contributed by atoms with E-state index in [1.807, 2.05) is 85.1 Å². The van der Waals surface area contributed by atoms with Crippen LogP contribution in [0.2, 0.25) is 0 Å². The predicted octanol–water partition coefficient (Wildman–Crippen LogP) is 5.39. The van der Waals surface area contributed by atoms with E-state index in [-0.39, 0.29) is 24.8 Å². The lowest BCUT2D eigenvalue weighted by Gasteiger charge is -2.29. The number of aromatic nitrogens is 1. The van der Waals surface area contributed by atoms with Gasteiger partial charge in [0.2, 0.25) is 0 Å². The number of fused-ring (bicyclic) bond motifs is 1. The Morgan fingerprint density at radius 1 is 1.00 bits per heavy atom. The molecule has 1 aliphatic rings. The molecule has 3 aromatic carbocycles. The second-order valence-electron chi connectivity index (χ2n) is 7.57. The molecule has 4 aromatic rings. The number of rotatable bonds is 5. The Balaban J connectivity index is 1.40. The highest BCUT2D eigenvalue weighted by atomic mass is 32.1. The van der Waals surface area contributed by atoms with Crippen molar-refractivity contribution in [3.63, 3.8) is 0 Å². The number of benzene rings is 3. The van der Waals surface area contributed by atoms with Crippen molar-refractivity contribution in [3.8, 4) is 28.1 Å². The number of ether oxygens (including phenoxy) is 1. The maximum Gasteiger partial charge on any atom is 0.265 e. The fourth-order valence-electron chi connectivity index (χ4n) is 3.74. The van der Waals surface area contributed by atoms with Gasteiger partial charge in [0.15, 0.2) is 12.4 Å². The lowest BCUT2D eigenvalue weighted by atomic mass is 10.0. The zero-order chi connectivity index (χ0) is 22.1. The number of ketones is 1. The van der Waals surface area contributed by atoms with Gasteiger partial charge in [0.1, 0.15) is 5.75 Å². The van der Waals surface area contributed by atoms with Crippen LogP contribution in [-0.2, 0) is 4.79 Å². The van der Waals surface area contributed by atoms with Crippen molar-refractivity contribution in [2.24, 2.45) is 0 Å². The fraction of sp³-hybridized carbons (Fsp3) is 0.115. The van der Waals surface area contributed by atoms with Crippen molar-refractivity contribution in [1.29, 1.82) is 0 Å². The van der Waals surface area contributed by atoms with E-state index < -0.39 is 0 Å². The normalized spacial score (nSPS) is 12.9. The average Bonchev–Trinajstić information content (AvgIpc) is 3.27. The summed E-state index contributed by atoms with van der Waals surface area (Å²) in [6.45, 7) is 1.83. The average molecular weight is 441 g/mol. The molecule has 158 valence electrons. The molecular formula is C26H20N2O3S. The Morgan fingerprint density at radius 2 is 1.72 bits per heavy atom. The Kier molecular flexibility index (Phi) is 5.29. The molecule has 0 saturated heterocycles. The number of thiazole rings is 1. The van der Waals surface area contributed by atoms with Gasteiger partial charge in [-0.05, 0) is 36.2 Å². The second-order valence-corrected chi connectivity index (χ2v) is 8.63. The van der Waals surface area contributed by atoms with Crippen molar-refractivity contribution < 1.29 is 14.3 Å². The summed E-state index contributed by atoms with van der Waals surface area (Å²) in [4.78, 5) is 31.7. The summed E-state index contributed by atoms with van der Waals surface area (Å²) in [7, 11) is 0. The van der Waals surface area contributed by atoms with Gasteiger partial charge in [-0.2, -0.15) is 0 Å². The highest BCUT2D eigenvalue weighted by Gasteiger charge is 2.28. The summed E-state index contributed by atoms with van der Waals surface area (Å²) in [6, 6.07) is 23.1. The number of hydrogen-bond donors (Lipinski definition) is 0. The number of Topliss-reactive ketones (excluding diaryl/α,β-unsaturated/α-hetero) is 1. The molecule has 0 spiro atoms. The summed E-state index contributed by atoms with van der Waals surface area (Å²) >= 11 is 1.57. The SMILES string of the molecule is Cc1nc(-c2ccc3c(c2)N(CC(=O)c2ccc(-c4ccccc4)cc2)C(=O)CO3)cs1. The summed E-state index contributed by atoms with van der Waals surface area (Å²) in [6.07, 6.45) is 0. The Morgan fingerprint density at radius 3 is 2.44 bits per heavy atom. The van der Waals surface area contributed by atoms with Crippen molar-refractivity contribution in [1.82, 2.24) is 4.98 Å². The van der Waals surface area contributed by atoms with E-state index in [4.69, 9.17) is 4.74 Å². The van der Waals surface area contributed by atoms with E-state index in [1.54, 1.807) is 11.3 Å².